The zero-order valence-electron chi connectivity index (χ0n) is 17.2. The van der Waals surface area contributed by atoms with E-state index in [0.29, 0.717) is 42.5 Å². The third-order valence-corrected chi connectivity index (χ3v) is 7.93. The van der Waals surface area contributed by atoms with Crippen molar-refractivity contribution >= 4 is 48.7 Å². The number of hydrogen-bond acceptors (Lipinski definition) is 6. The first kappa shape index (κ1) is 19.2. The average molecular weight is 445 g/mol. The van der Waals surface area contributed by atoms with Crippen LogP contribution in [0.1, 0.15) is 0 Å². The molecule has 0 bridgehead atoms. The van der Waals surface area contributed by atoms with E-state index in [2.05, 4.69) is 14.9 Å². The molecule has 0 spiro atoms. The summed E-state index contributed by atoms with van der Waals surface area (Å²) in [5.41, 5.74) is 2.18. The largest absolute Gasteiger partial charge is 0.450 e. The van der Waals surface area contributed by atoms with E-state index in [4.69, 9.17) is 4.42 Å². The first-order valence-corrected chi connectivity index (χ1v) is 11.9. The van der Waals surface area contributed by atoms with Crippen LogP contribution in [0, 0.1) is 0 Å². The number of para-hydroxylation sites is 1. The highest BCUT2D eigenvalue weighted by Gasteiger charge is 2.30. The van der Waals surface area contributed by atoms with Crippen molar-refractivity contribution in [2.45, 2.75) is 4.90 Å². The number of furan rings is 1. The molecule has 1 aliphatic rings. The molecule has 7 nitrogen and oxygen atoms in total. The van der Waals surface area contributed by atoms with Crippen molar-refractivity contribution in [3.05, 3.63) is 73.1 Å². The van der Waals surface area contributed by atoms with Gasteiger partial charge in [0.05, 0.1) is 4.90 Å². The quantitative estimate of drug-likeness (QED) is 0.418. The second-order valence-electron chi connectivity index (χ2n) is 7.87. The van der Waals surface area contributed by atoms with Gasteiger partial charge in [0.1, 0.15) is 17.4 Å². The van der Waals surface area contributed by atoms with Gasteiger partial charge in [0, 0.05) is 31.6 Å². The first-order valence-electron chi connectivity index (χ1n) is 10.5. The molecule has 1 fully saturated rings. The molecular formula is C24H20N4O3S. The van der Waals surface area contributed by atoms with E-state index in [1.807, 2.05) is 54.6 Å². The van der Waals surface area contributed by atoms with Gasteiger partial charge in [-0.1, -0.05) is 42.5 Å². The maximum atomic E-state index is 13.3. The molecule has 5 aromatic rings. The highest BCUT2D eigenvalue weighted by atomic mass is 32.2. The molecule has 0 atom stereocenters. The highest BCUT2D eigenvalue weighted by molar-refractivity contribution is 7.89. The van der Waals surface area contributed by atoms with Gasteiger partial charge < -0.3 is 9.32 Å². The van der Waals surface area contributed by atoms with Crippen molar-refractivity contribution in [1.82, 2.24) is 14.3 Å². The zero-order chi connectivity index (χ0) is 21.7. The molecule has 8 heteroatoms. The fourth-order valence-electron chi connectivity index (χ4n) is 4.35. The molecule has 160 valence electrons. The Balaban J connectivity index is 1.28. The lowest BCUT2D eigenvalue weighted by atomic mass is 10.1. The summed E-state index contributed by atoms with van der Waals surface area (Å²) in [6.07, 6.45) is 1.54. The summed E-state index contributed by atoms with van der Waals surface area (Å²) in [6, 6.07) is 20.8. The predicted molar refractivity (Wildman–Crippen MR) is 124 cm³/mol. The van der Waals surface area contributed by atoms with Crippen LogP contribution in [0.15, 0.2) is 82.4 Å². The van der Waals surface area contributed by atoms with Crippen LogP contribution < -0.4 is 4.90 Å². The maximum Gasteiger partial charge on any atom is 0.243 e. The lowest BCUT2D eigenvalue weighted by Crippen LogP contribution is -2.49. The molecule has 0 N–H and O–H groups in total. The molecule has 1 saturated heterocycles. The summed E-state index contributed by atoms with van der Waals surface area (Å²) in [7, 11) is -3.57. The van der Waals surface area contributed by atoms with Crippen molar-refractivity contribution in [2.75, 3.05) is 31.1 Å². The Labute approximate surface area is 185 Å². The van der Waals surface area contributed by atoms with Gasteiger partial charge in [0.15, 0.2) is 11.4 Å². The van der Waals surface area contributed by atoms with Gasteiger partial charge in [-0.15, -0.1) is 0 Å². The predicted octanol–water partition coefficient (Wildman–Crippen LogP) is 4.04. The Hall–Kier alpha value is -3.49. The number of fused-ring (bicyclic) bond motifs is 4. The van der Waals surface area contributed by atoms with Crippen LogP contribution in [-0.2, 0) is 10.0 Å². The van der Waals surface area contributed by atoms with E-state index >= 15 is 0 Å². The van der Waals surface area contributed by atoms with Gasteiger partial charge in [-0.05, 0) is 35.0 Å². The van der Waals surface area contributed by atoms with Gasteiger partial charge >= 0.3 is 0 Å². The molecule has 2 aromatic heterocycles. The number of piperazine rings is 1. The van der Waals surface area contributed by atoms with E-state index in [1.165, 1.54) is 6.33 Å². The smallest absolute Gasteiger partial charge is 0.243 e. The van der Waals surface area contributed by atoms with Gasteiger partial charge in [-0.25, -0.2) is 18.4 Å². The topological polar surface area (TPSA) is 79.5 Å². The number of rotatable bonds is 3. The van der Waals surface area contributed by atoms with Crippen LogP contribution in [0.5, 0.6) is 0 Å². The Morgan fingerprint density at radius 2 is 1.56 bits per heavy atom. The number of hydrogen-bond donors (Lipinski definition) is 0. The van der Waals surface area contributed by atoms with Gasteiger partial charge in [0.25, 0.3) is 0 Å². The second kappa shape index (κ2) is 7.29. The van der Waals surface area contributed by atoms with Crippen LogP contribution in [0.2, 0.25) is 0 Å². The Morgan fingerprint density at radius 1 is 0.812 bits per heavy atom. The van der Waals surface area contributed by atoms with Gasteiger partial charge in [0.2, 0.25) is 10.0 Å². The summed E-state index contributed by atoms with van der Waals surface area (Å²) in [6.45, 7) is 1.80. The molecule has 3 heterocycles. The van der Waals surface area contributed by atoms with Crippen LogP contribution in [-0.4, -0.2) is 48.9 Å². The molecule has 1 aliphatic heterocycles. The van der Waals surface area contributed by atoms with Crippen molar-refractivity contribution in [1.29, 1.82) is 0 Å². The normalized spacial score (nSPS) is 15.7. The lowest BCUT2D eigenvalue weighted by molar-refractivity contribution is 0.383. The molecule has 0 saturated carbocycles. The molecule has 0 radical (unpaired) electrons. The molecule has 32 heavy (non-hydrogen) atoms. The minimum Gasteiger partial charge on any atom is -0.450 e. The number of anilines is 1. The minimum atomic E-state index is -3.57. The number of benzene rings is 3. The molecular weight excluding hydrogens is 424 g/mol. The van der Waals surface area contributed by atoms with Crippen LogP contribution in [0.3, 0.4) is 0 Å². The zero-order valence-corrected chi connectivity index (χ0v) is 18.0. The van der Waals surface area contributed by atoms with Crippen LogP contribution in [0.4, 0.5) is 5.82 Å². The SMILES string of the molecule is O=S(=O)(c1ccc2ccccc2c1)N1CCN(c2ncnc3c2oc2ccccc23)CC1. The van der Waals surface area contributed by atoms with E-state index in [-0.39, 0.29) is 0 Å². The monoisotopic (exact) mass is 444 g/mol. The van der Waals surface area contributed by atoms with Crippen molar-refractivity contribution < 1.29 is 12.8 Å². The molecule has 0 unspecified atom stereocenters. The Bertz CT molecular complexity index is 1570. The second-order valence-corrected chi connectivity index (χ2v) is 9.81. The summed E-state index contributed by atoms with van der Waals surface area (Å²) in [4.78, 5) is 11.3. The maximum absolute atomic E-state index is 13.3. The van der Waals surface area contributed by atoms with Gasteiger partial charge in [-0.2, -0.15) is 4.31 Å². The molecule has 0 amide bonds. The number of aromatic nitrogens is 2. The summed E-state index contributed by atoms with van der Waals surface area (Å²) in [5.74, 6) is 0.703. The summed E-state index contributed by atoms with van der Waals surface area (Å²) >= 11 is 0. The van der Waals surface area contributed by atoms with E-state index in [9.17, 15) is 8.42 Å². The number of nitrogens with zero attached hydrogens (tertiary/aromatic N) is 4. The standard InChI is InChI=1S/C24H20N4O3S/c29-32(30,19-10-9-17-5-1-2-6-18(17)15-19)28-13-11-27(12-14-28)24-23-22(25-16-26-24)20-7-3-4-8-21(20)31-23/h1-10,15-16H,11-14H2. The Morgan fingerprint density at radius 3 is 2.41 bits per heavy atom. The third-order valence-electron chi connectivity index (χ3n) is 6.04. The van der Waals surface area contributed by atoms with E-state index < -0.39 is 10.0 Å². The first-order chi connectivity index (χ1) is 15.6. The summed E-state index contributed by atoms with van der Waals surface area (Å²) < 4.78 is 34.1. The molecule has 0 aliphatic carbocycles. The van der Waals surface area contributed by atoms with Crippen molar-refractivity contribution in [2.24, 2.45) is 0 Å². The fraction of sp³-hybridized carbons (Fsp3) is 0.167. The third kappa shape index (κ3) is 3.03. The number of sulfonamides is 1. The lowest BCUT2D eigenvalue weighted by Gasteiger charge is -2.34. The van der Waals surface area contributed by atoms with Gasteiger partial charge in [-0.3, -0.25) is 0 Å². The minimum absolute atomic E-state index is 0.325. The van der Waals surface area contributed by atoms with Crippen LogP contribution in [0.25, 0.3) is 32.8 Å². The average Bonchev–Trinajstić information content (AvgIpc) is 3.23. The Kier molecular flexibility index (Phi) is 4.38. The highest BCUT2D eigenvalue weighted by Crippen LogP contribution is 2.33. The molecule has 6 rings (SSSR count). The van der Waals surface area contributed by atoms with E-state index in [1.54, 1.807) is 16.4 Å². The van der Waals surface area contributed by atoms with Crippen molar-refractivity contribution in [3.63, 3.8) is 0 Å². The van der Waals surface area contributed by atoms with Crippen LogP contribution >= 0.6 is 0 Å². The van der Waals surface area contributed by atoms with E-state index in [0.717, 1.165) is 27.3 Å². The fourth-order valence-corrected chi connectivity index (χ4v) is 5.81. The van der Waals surface area contributed by atoms with Crippen molar-refractivity contribution in [3.8, 4) is 0 Å². The molecule has 3 aromatic carbocycles. The summed E-state index contributed by atoms with van der Waals surface area (Å²) in [5, 5.41) is 2.89.